The third-order valence-corrected chi connectivity index (χ3v) is 4.36. The molecule has 0 bridgehead atoms. The smallest absolute Gasteiger partial charge is 0.385 e. The Balaban J connectivity index is 2.04. The lowest BCUT2D eigenvalue weighted by molar-refractivity contribution is -0.201. The van der Waals surface area contributed by atoms with E-state index in [1.54, 1.807) is 6.20 Å². The molecule has 0 spiro atoms. The summed E-state index contributed by atoms with van der Waals surface area (Å²) in [6.07, 6.45) is -0.588. The van der Waals surface area contributed by atoms with Crippen molar-refractivity contribution in [2.24, 2.45) is 5.92 Å². The van der Waals surface area contributed by atoms with Crippen LogP contribution in [0.3, 0.4) is 0 Å². The number of aromatic nitrogens is 1. The average molecular weight is 295 g/mol. The Kier molecular flexibility index (Phi) is 3.40. The van der Waals surface area contributed by atoms with Crippen molar-refractivity contribution in [3.63, 3.8) is 0 Å². The average Bonchev–Trinajstić information content (AvgIpc) is 2.46. The van der Waals surface area contributed by atoms with Gasteiger partial charge >= 0.3 is 6.18 Å². The molecule has 2 aromatic rings. The molecule has 2 atom stereocenters. The van der Waals surface area contributed by atoms with E-state index in [4.69, 9.17) is 0 Å². The van der Waals surface area contributed by atoms with Gasteiger partial charge in [-0.1, -0.05) is 24.3 Å². The molecule has 3 rings (SSSR count). The van der Waals surface area contributed by atoms with Crippen LogP contribution >= 0.6 is 0 Å². The van der Waals surface area contributed by atoms with Crippen molar-refractivity contribution in [3.8, 4) is 0 Å². The van der Waals surface area contributed by atoms with E-state index in [-0.39, 0.29) is 12.8 Å². The number of benzene rings is 1. The van der Waals surface area contributed by atoms with Gasteiger partial charge in [0.25, 0.3) is 0 Å². The quantitative estimate of drug-likeness (QED) is 0.856. The van der Waals surface area contributed by atoms with Gasteiger partial charge in [-0.3, -0.25) is 4.98 Å². The van der Waals surface area contributed by atoms with Crippen molar-refractivity contribution in [2.45, 2.75) is 37.5 Å². The zero-order valence-corrected chi connectivity index (χ0v) is 11.4. The highest BCUT2D eigenvalue weighted by Crippen LogP contribution is 2.47. The Bertz CT molecular complexity index is 650. The SMILES string of the molecule is OC1(c2cncc3ccccc23)CCCC(C(F)(F)F)C1. The van der Waals surface area contributed by atoms with E-state index in [0.29, 0.717) is 18.4 Å². The number of halogens is 3. The van der Waals surface area contributed by atoms with Crippen LogP contribution < -0.4 is 0 Å². The minimum absolute atomic E-state index is 0.0873. The summed E-state index contributed by atoms with van der Waals surface area (Å²) in [4.78, 5) is 4.08. The number of hydrogen-bond acceptors (Lipinski definition) is 2. The maximum absolute atomic E-state index is 13.0. The highest BCUT2D eigenvalue weighted by Gasteiger charge is 2.48. The topological polar surface area (TPSA) is 33.1 Å². The van der Waals surface area contributed by atoms with Crippen LogP contribution in [0.25, 0.3) is 10.8 Å². The molecule has 21 heavy (non-hydrogen) atoms. The van der Waals surface area contributed by atoms with Gasteiger partial charge in [0.05, 0.1) is 11.5 Å². The van der Waals surface area contributed by atoms with Gasteiger partial charge in [0.1, 0.15) is 0 Å². The summed E-state index contributed by atoms with van der Waals surface area (Å²) in [7, 11) is 0. The van der Waals surface area contributed by atoms with E-state index in [1.807, 2.05) is 24.3 Å². The van der Waals surface area contributed by atoms with Crippen molar-refractivity contribution >= 4 is 10.8 Å². The lowest BCUT2D eigenvalue weighted by Gasteiger charge is -2.38. The molecule has 1 fully saturated rings. The lowest BCUT2D eigenvalue weighted by atomic mass is 9.73. The second-order valence-corrected chi connectivity index (χ2v) is 5.77. The van der Waals surface area contributed by atoms with Gasteiger partial charge in [-0.2, -0.15) is 13.2 Å². The maximum Gasteiger partial charge on any atom is 0.391 e. The highest BCUT2D eigenvalue weighted by molar-refractivity contribution is 5.85. The summed E-state index contributed by atoms with van der Waals surface area (Å²) in [6.45, 7) is 0. The molecule has 0 aliphatic heterocycles. The number of fused-ring (bicyclic) bond motifs is 1. The predicted molar refractivity (Wildman–Crippen MR) is 73.7 cm³/mol. The molecule has 5 heteroatoms. The van der Waals surface area contributed by atoms with Gasteiger partial charge < -0.3 is 5.11 Å². The molecule has 0 saturated heterocycles. The second-order valence-electron chi connectivity index (χ2n) is 5.77. The number of pyridine rings is 1. The second kappa shape index (κ2) is 4.98. The highest BCUT2D eigenvalue weighted by atomic mass is 19.4. The Hall–Kier alpha value is -1.62. The van der Waals surface area contributed by atoms with Crippen molar-refractivity contribution in [1.82, 2.24) is 4.98 Å². The molecule has 1 heterocycles. The van der Waals surface area contributed by atoms with Crippen LogP contribution in [-0.2, 0) is 5.60 Å². The van der Waals surface area contributed by atoms with E-state index in [1.165, 1.54) is 6.20 Å². The van der Waals surface area contributed by atoms with E-state index in [0.717, 1.165) is 10.8 Å². The maximum atomic E-state index is 13.0. The minimum atomic E-state index is -4.26. The van der Waals surface area contributed by atoms with Gasteiger partial charge in [-0.25, -0.2) is 0 Å². The summed E-state index contributed by atoms with van der Waals surface area (Å²) in [5, 5.41) is 12.4. The standard InChI is InChI=1S/C16H16F3NO/c17-16(18,19)12-5-3-7-15(21,8-12)14-10-20-9-11-4-1-2-6-13(11)14/h1-2,4,6,9-10,12,21H,3,5,7-8H2. The Morgan fingerprint density at radius 3 is 2.71 bits per heavy atom. The van der Waals surface area contributed by atoms with E-state index in [2.05, 4.69) is 4.98 Å². The van der Waals surface area contributed by atoms with Gasteiger partial charge in [-0.15, -0.1) is 0 Å². The van der Waals surface area contributed by atoms with Crippen LogP contribution in [0.1, 0.15) is 31.2 Å². The summed E-state index contributed by atoms with van der Waals surface area (Å²) in [5.41, 5.74) is -0.943. The Morgan fingerprint density at radius 1 is 1.19 bits per heavy atom. The van der Waals surface area contributed by atoms with Crippen molar-refractivity contribution in [1.29, 1.82) is 0 Å². The molecule has 1 saturated carbocycles. The first-order valence-corrected chi connectivity index (χ1v) is 7.02. The number of alkyl halides is 3. The van der Waals surface area contributed by atoms with E-state index >= 15 is 0 Å². The first-order chi connectivity index (χ1) is 9.90. The normalized spacial score (nSPS) is 27.0. The van der Waals surface area contributed by atoms with Crippen LogP contribution in [0, 0.1) is 5.92 Å². The predicted octanol–water partition coefficient (Wildman–Crippen LogP) is 4.17. The fourth-order valence-electron chi connectivity index (χ4n) is 3.26. The molecule has 112 valence electrons. The Morgan fingerprint density at radius 2 is 1.95 bits per heavy atom. The lowest BCUT2D eigenvalue weighted by Crippen LogP contribution is -2.38. The van der Waals surface area contributed by atoms with Crippen LogP contribution in [0.15, 0.2) is 36.7 Å². The third kappa shape index (κ3) is 2.62. The minimum Gasteiger partial charge on any atom is -0.385 e. The molecule has 1 N–H and O–H groups in total. The molecule has 2 nitrogen and oxygen atoms in total. The molecular weight excluding hydrogens is 279 g/mol. The number of aliphatic hydroxyl groups is 1. The largest absolute Gasteiger partial charge is 0.391 e. The first kappa shape index (κ1) is 14.3. The summed E-state index contributed by atoms with van der Waals surface area (Å²) < 4.78 is 39.0. The molecule has 0 radical (unpaired) electrons. The van der Waals surface area contributed by atoms with Gasteiger partial charge in [-0.05, 0) is 31.1 Å². The van der Waals surface area contributed by atoms with Crippen LogP contribution in [0.4, 0.5) is 13.2 Å². The molecule has 2 unspecified atom stereocenters. The van der Waals surface area contributed by atoms with Gasteiger partial charge in [0, 0.05) is 23.3 Å². The fourth-order valence-corrected chi connectivity index (χ4v) is 3.26. The molecule has 1 aliphatic carbocycles. The first-order valence-electron chi connectivity index (χ1n) is 7.02. The monoisotopic (exact) mass is 295 g/mol. The zero-order chi connectivity index (χ0) is 15.1. The van der Waals surface area contributed by atoms with Gasteiger partial charge in [0.15, 0.2) is 0 Å². The zero-order valence-electron chi connectivity index (χ0n) is 11.4. The van der Waals surface area contributed by atoms with Crippen LogP contribution in [-0.4, -0.2) is 16.3 Å². The molecular formula is C16H16F3NO. The van der Waals surface area contributed by atoms with Crippen LogP contribution in [0.5, 0.6) is 0 Å². The van der Waals surface area contributed by atoms with Crippen molar-refractivity contribution < 1.29 is 18.3 Å². The summed E-state index contributed by atoms with van der Waals surface area (Å²) in [5.74, 6) is -1.45. The molecule has 1 aliphatic rings. The van der Waals surface area contributed by atoms with Crippen molar-refractivity contribution in [2.75, 3.05) is 0 Å². The third-order valence-electron chi connectivity index (χ3n) is 4.36. The summed E-state index contributed by atoms with van der Waals surface area (Å²) in [6, 6.07) is 7.33. The Labute approximate surface area is 120 Å². The number of nitrogens with zero attached hydrogens (tertiary/aromatic N) is 1. The summed E-state index contributed by atoms with van der Waals surface area (Å²) >= 11 is 0. The fraction of sp³-hybridized carbons (Fsp3) is 0.438. The molecule has 1 aromatic heterocycles. The van der Waals surface area contributed by atoms with E-state index in [9.17, 15) is 18.3 Å². The van der Waals surface area contributed by atoms with E-state index < -0.39 is 17.7 Å². The number of hydrogen-bond donors (Lipinski definition) is 1. The van der Waals surface area contributed by atoms with Gasteiger partial charge in [0.2, 0.25) is 0 Å². The van der Waals surface area contributed by atoms with Crippen molar-refractivity contribution in [3.05, 3.63) is 42.2 Å². The number of rotatable bonds is 1. The van der Waals surface area contributed by atoms with Crippen LogP contribution in [0.2, 0.25) is 0 Å². The molecule has 1 aromatic carbocycles. The molecule has 0 amide bonds.